The highest BCUT2D eigenvalue weighted by Crippen LogP contribution is 2.23. The van der Waals surface area contributed by atoms with Gasteiger partial charge in [0.2, 0.25) is 11.1 Å². The summed E-state index contributed by atoms with van der Waals surface area (Å²) >= 11 is 1.30. The molecule has 0 spiro atoms. The van der Waals surface area contributed by atoms with Crippen molar-refractivity contribution in [2.75, 3.05) is 17.3 Å². The Kier molecular flexibility index (Phi) is 6.68. The van der Waals surface area contributed by atoms with E-state index in [4.69, 9.17) is 0 Å². The second-order valence-corrected chi connectivity index (χ2v) is 9.39. The molecule has 1 N–H and O–H groups in total. The highest BCUT2D eigenvalue weighted by Gasteiger charge is 2.36. The van der Waals surface area contributed by atoms with Crippen molar-refractivity contribution in [1.29, 1.82) is 0 Å². The summed E-state index contributed by atoms with van der Waals surface area (Å²) in [6.45, 7) is 6.05. The van der Waals surface area contributed by atoms with Crippen molar-refractivity contribution in [3.8, 4) is 0 Å². The molecule has 0 radical (unpaired) electrons. The lowest BCUT2D eigenvalue weighted by Crippen LogP contribution is -2.47. The molecule has 1 amide bonds. The quantitative estimate of drug-likeness (QED) is 0.695. The number of aromatic amines is 1. The maximum Gasteiger partial charge on any atom is 0.233 e. The number of sulfone groups is 1. The zero-order valence-electron chi connectivity index (χ0n) is 14.5. The number of hydrogen-bond donors (Lipinski definition) is 1. The Bertz CT molecular complexity index is 659. The van der Waals surface area contributed by atoms with Gasteiger partial charge in [0.05, 0.1) is 17.3 Å². The summed E-state index contributed by atoms with van der Waals surface area (Å²) < 4.78 is 23.5. The highest BCUT2D eigenvalue weighted by atomic mass is 32.2. The van der Waals surface area contributed by atoms with Gasteiger partial charge in [0, 0.05) is 18.5 Å². The molecule has 7 nitrogen and oxygen atoms in total. The van der Waals surface area contributed by atoms with E-state index < -0.39 is 9.84 Å². The Morgan fingerprint density at radius 2 is 2.21 bits per heavy atom. The fourth-order valence-corrected chi connectivity index (χ4v) is 5.29. The molecule has 0 saturated carbocycles. The number of H-pyrrole nitrogens is 1. The van der Waals surface area contributed by atoms with Crippen molar-refractivity contribution >= 4 is 27.5 Å². The van der Waals surface area contributed by atoms with Crippen molar-refractivity contribution in [3.05, 3.63) is 5.82 Å². The number of nitrogens with one attached hydrogen (secondary N) is 1. The first-order chi connectivity index (χ1) is 11.4. The lowest BCUT2D eigenvalue weighted by molar-refractivity contribution is -0.132. The number of rotatable bonds is 8. The average molecular weight is 375 g/mol. The number of nitrogens with zero attached hydrogens (tertiary/aromatic N) is 3. The summed E-state index contributed by atoms with van der Waals surface area (Å²) in [5.74, 6) is 1.26. The van der Waals surface area contributed by atoms with Crippen LogP contribution in [0.25, 0.3) is 0 Å². The van der Waals surface area contributed by atoms with Crippen LogP contribution in [0.5, 0.6) is 0 Å². The number of carbonyl (C=O) groups excluding carboxylic acids is 1. The zero-order valence-corrected chi connectivity index (χ0v) is 16.1. The van der Waals surface area contributed by atoms with Crippen LogP contribution in [0.4, 0.5) is 0 Å². The number of thioether (sulfide) groups is 1. The van der Waals surface area contributed by atoms with Gasteiger partial charge in [-0.2, -0.15) is 0 Å². The first-order valence-electron chi connectivity index (χ1n) is 8.42. The highest BCUT2D eigenvalue weighted by molar-refractivity contribution is 7.99. The first kappa shape index (κ1) is 19.2. The molecule has 1 aliphatic rings. The first-order valence-corrected chi connectivity index (χ1v) is 11.2. The molecule has 1 aromatic heterocycles. The third-order valence-corrected chi connectivity index (χ3v) is 6.86. The Hall–Kier alpha value is -1.09. The van der Waals surface area contributed by atoms with Gasteiger partial charge in [-0.05, 0) is 26.2 Å². The van der Waals surface area contributed by atoms with Gasteiger partial charge in [-0.25, -0.2) is 13.4 Å². The number of aromatic nitrogens is 3. The fourth-order valence-electron chi connectivity index (χ4n) is 2.89. The molecule has 0 aliphatic carbocycles. The van der Waals surface area contributed by atoms with Crippen LogP contribution in [0, 0.1) is 0 Å². The molecule has 1 saturated heterocycles. The molecular weight excluding hydrogens is 348 g/mol. The van der Waals surface area contributed by atoms with Crippen LogP contribution in [0.15, 0.2) is 5.16 Å². The van der Waals surface area contributed by atoms with Crippen LogP contribution >= 0.6 is 11.8 Å². The summed E-state index contributed by atoms with van der Waals surface area (Å²) in [4.78, 5) is 18.8. The van der Waals surface area contributed by atoms with Crippen molar-refractivity contribution < 1.29 is 13.2 Å². The van der Waals surface area contributed by atoms with Crippen LogP contribution < -0.4 is 0 Å². The number of hydrogen-bond acceptors (Lipinski definition) is 6. The molecule has 0 bridgehead atoms. The van der Waals surface area contributed by atoms with Gasteiger partial charge in [-0.1, -0.05) is 25.6 Å². The minimum atomic E-state index is -3.02. The summed E-state index contributed by atoms with van der Waals surface area (Å²) in [6, 6.07) is -0.181. The van der Waals surface area contributed by atoms with Gasteiger partial charge in [-0.15, -0.1) is 5.10 Å². The molecule has 2 atom stereocenters. The van der Waals surface area contributed by atoms with Crippen molar-refractivity contribution in [3.63, 3.8) is 0 Å². The smallest absolute Gasteiger partial charge is 0.233 e. The van der Waals surface area contributed by atoms with Gasteiger partial charge in [0.15, 0.2) is 9.84 Å². The summed E-state index contributed by atoms with van der Waals surface area (Å²) in [7, 11) is -3.02. The molecule has 1 aliphatic heterocycles. The molecule has 136 valence electrons. The van der Waals surface area contributed by atoms with E-state index in [0.717, 1.165) is 25.1 Å². The minimum absolute atomic E-state index is 0.0270. The minimum Gasteiger partial charge on any atom is -0.335 e. The van der Waals surface area contributed by atoms with Gasteiger partial charge < -0.3 is 4.90 Å². The van der Waals surface area contributed by atoms with E-state index in [2.05, 4.69) is 22.1 Å². The predicted octanol–water partition coefficient (Wildman–Crippen LogP) is 1.66. The topological polar surface area (TPSA) is 96.0 Å². The summed E-state index contributed by atoms with van der Waals surface area (Å²) in [5.41, 5.74) is 0. The largest absolute Gasteiger partial charge is 0.335 e. The molecule has 0 unspecified atom stereocenters. The van der Waals surface area contributed by atoms with Crippen molar-refractivity contribution in [2.24, 2.45) is 0 Å². The monoisotopic (exact) mass is 374 g/mol. The summed E-state index contributed by atoms with van der Waals surface area (Å²) in [6.07, 6.45) is 3.15. The zero-order chi connectivity index (χ0) is 17.7. The molecule has 9 heteroatoms. The molecule has 0 aromatic carbocycles. The third kappa shape index (κ3) is 4.95. The third-order valence-electron chi connectivity index (χ3n) is 4.28. The van der Waals surface area contributed by atoms with E-state index in [1.165, 1.54) is 11.8 Å². The molecule has 1 aromatic rings. The SMILES string of the molecule is CCCc1nc(SCC(=O)N([C@@H]2CCS(=O)(=O)C2)[C@@H](C)CC)n[nH]1. The van der Waals surface area contributed by atoms with Crippen LogP contribution in [0.3, 0.4) is 0 Å². The van der Waals surface area contributed by atoms with Gasteiger partial charge >= 0.3 is 0 Å². The van der Waals surface area contributed by atoms with E-state index in [-0.39, 0.29) is 35.2 Å². The van der Waals surface area contributed by atoms with E-state index >= 15 is 0 Å². The molecule has 2 rings (SSSR count). The number of amides is 1. The standard InChI is InChI=1S/C15H26N4O3S2/c1-4-6-13-16-15(18-17-13)23-9-14(20)19(11(3)5-2)12-7-8-24(21,22)10-12/h11-12H,4-10H2,1-3H3,(H,16,17,18)/t11-,12+/m0/s1. The average Bonchev–Trinajstić information content (AvgIpc) is 3.12. The van der Waals surface area contributed by atoms with Gasteiger partial charge in [0.1, 0.15) is 5.82 Å². The molecule has 24 heavy (non-hydrogen) atoms. The van der Waals surface area contributed by atoms with E-state index in [1.54, 1.807) is 4.90 Å². The van der Waals surface area contributed by atoms with Crippen LogP contribution in [0.2, 0.25) is 0 Å². The number of carbonyl (C=O) groups is 1. The maximum atomic E-state index is 12.7. The van der Waals surface area contributed by atoms with Gasteiger partial charge in [0.25, 0.3) is 0 Å². The van der Waals surface area contributed by atoms with E-state index in [0.29, 0.717) is 11.6 Å². The van der Waals surface area contributed by atoms with E-state index in [1.807, 2.05) is 13.8 Å². The summed E-state index contributed by atoms with van der Waals surface area (Å²) in [5, 5.41) is 7.55. The Morgan fingerprint density at radius 1 is 1.46 bits per heavy atom. The molecule has 1 fully saturated rings. The normalized spacial score (nSPS) is 20.9. The van der Waals surface area contributed by atoms with Gasteiger partial charge in [-0.3, -0.25) is 9.89 Å². The van der Waals surface area contributed by atoms with Crippen molar-refractivity contribution in [2.45, 2.75) is 63.7 Å². The second kappa shape index (κ2) is 8.33. The Morgan fingerprint density at radius 3 is 2.79 bits per heavy atom. The van der Waals surface area contributed by atoms with Crippen molar-refractivity contribution in [1.82, 2.24) is 20.1 Å². The Balaban J connectivity index is 1.99. The maximum absolute atomic E-state index is 12.7. The lowest BCUT2D eigenvalue weighted by Gasteiger charge is -2.33. The van der Waals surface area contributed by atoms with Crippen LogP contribution in [0.1, 0.15) is 45.9 Å². The fraction of sp³-hybridized carbons (Fsp3) is 0.800. The second-order valence-electron chi connectivity index (χ2n) is 6.22. The van der Waals surface area contributed by atoms with Crippen LogP contribution in [-0.4, -0.2) is 63.7 Å². The van der Waals surface area contributed by atoms with E-state index in [9.17, 15) is 13.2 Å². The predicted molar refractivity (Wildman–Crippen MR) is 94.8 cm³/mol. The molecular formula is C15H26N4O3S2. The van der Waals surface area contributed by atoms with Crippen LogP contribution in [-0.2, 0) is 21.1 Å². The number of aryl methyl sites for hydroxylation is 1. The molecule has 2 heterocycles. The Labute approximate surface area is 147 Å². The lowest BCUT2D eigenvalue weighted by atomic mass is 10.1.